The quantitative estimate of drug-likeness (QED) is 0.132. The molecule has 0 amide bonds. The van der Waals surface area contributed by atoms with Crippen LogP contribution in [-0.4, -0.2) is 32.5 Å². The largest absolute Gasteiger partial charge is 0.294 e. The van der Waals surface area contributed by atoms with Gasteiger partial charge in [-0.2, -0.15) is 0 Å². The number of carbonyl (C=O) groups excluding carboxylic acids is 1. The maximum Gasteiger partial charge on any atom is 0.267 e. The van der Waals surface area contributed by atoms with E-state index in [2.05, 4.69) is 29.2 Å². The number of Topliss-reactive ketones (excluding diaryl/α,β-unsaturated/α-hetero) is 1. The fraction of sp³-hybridized carbons (Fsp3) is 0.194. The second-order valence-electron chi connectivity index (χ2n) is 9.72. The van der Waals surface area contributed by atoms with E-state index in [4.69, 9.17) is 4.98 Å². The molecule has 196 valence electrons. The summed E-state index contributed by atoms with van der Waals surface area (Å²) in [5.74, 6) is -0.443. The van der Waals surface area contributed by atoms with Crippen molar-refractivity contribution in [2.75, 3.05) is 12.3 Å². The van der Waals surface area contributed by atoms with Crippen LogP contribution in [0.5, 0.6) is 0 Å². The Balaban J connectivity index is 1.37. The Bertz CT molecular complexity index is 1730. The van der Waals surface area contributed by atoms with E-state index in [1.54, 1.807) is 15.9 Å². The first-order chi connectivity index (χ1) is 19.0. The van der Waals surface area contributed by atoms with E-state index >= 15 is 0 Å². The minimum atomic E-state index is -0.386. The summed E-state index contributed by atoms with van der Waals surface area (Å²) >= 11 is 2.81. The summed E-state index contributed by atoms with van der Waals surface area (Å²) in [6.45, 7) is 4.50. The van der Waals surface area contributed by atoms with Gasteiger partial charge in [-0.3, -0.25) is 19.1 Å². The number of carbonyl (C=O) groups is 1. The van der Waals surface area contributed by atoms with Crippen molar-refractivity contribution < 1.29 is 9.18 Å². The van der Waals surface area contributed by atoms with Crippen LogP contribution in [0.2, 0.25) is 0 Å². The predicted octanol–water partition coefficient (Wildman–Crippen LogP) is 6.43. The molecule has 5 nitrogen and oxygen atoms in total. The maximum atomic E-state index is 14.1. The molecule has 39 heavy (non-hydrogen) atoms. The minimum absolute atomic E-state index is 0.0886. The van der Waals surface area contributed by atoms with Gasteiger partial charge in [-0.25, -0.2) is 9.37 Å². The second kappa shape index (κ2) is 10.9. The molecule has 3 heterocycles. The van der Waals surface area contributed by atoms with Crippen molar-refractivity contribution in [2.24, 2.45) is 0 Å². The third-order valence-electron chi connectivity index (χ3n) is 6.93. The Hall–Kier alpha value is -3.59. The summed E-state index contributed by atoms with van der Waals surface area (Å²) in [7, 11) is 0. The third-order valence-corrected chi connectivity index (χ3v) is 8.98. The molecular weight excluding hydrogens is 529 g/mol. The molecule has 2 aromatic heterocycles. The van der Waals surface area contributed by atoms with Crippen molar-refractivity contribution in [1.29, 1.82) is 0 Å². The zero-order valence-electron chi connectivity index (χ0n) is 21.4. The lowest BCUT2D eigenvalue weighted by Crippen LogP contribution is -2.30. The summed E-state index contributed by atoms with van der Waals surface area (Å²) < 4.78 is 15.0. The van der Waals surface area contributed by atoms with Crippen LogP contribution in [0.1, 0.15) is 31.9 Å². The van der Waals surface area contributed by atoms with E-state index in [0.717, 1.165) is 42.9 Å². The smallest absolute Gasteiger partial charge is 0.267 e. The topological polar surface area (TPSA) is 55.2 Å². The number of halogens is 1. The van der Waals surface area contributed by atoms with E-state index in [9.17, 15) is 14.0 Å². The molecule has 0 bridgehead atoms. The van der Waals surface area contributed by atoms with Crippen LogP contribution in [0.3, 0.4) is 0 Å². The highest BCUT2D eigenvalue weighted by Crippen LogP contribution is 2.35. The molecule has 6 rings (SSSR count). The van der Waals surface area contributed by atoms with Crippen LogP contribution in [0.15, 0.2) is 88.8 Å². The van der Waals surface area contributed by atoms with Gasteiger partial charge in [-0.05, 0) is 66.4 Å². The molecule has 1 aliphatic rings. The Morgan fingerprint density at radius 1 is 1.05 bits per heavy atom. The first kappa shape index (κ1) is 25.7. The summed E-state index contributed by atoms with van der Waals surface area (Å²) in [5, 5.41) is 1.17. The first-order valence-electron chi connectivity index (χ1n) is 12.8. The Morgan fingerprint density at radius 2 is 1.85 bits per heavy atom. The van der Waals surface area contributed by atoms with Crippen molar-refractivity contribution in [3.05, 3.63) is 122 Å². The number of aryl methyl sites for hydroxylation is 1. The average Bonchev–Trinajstić information content (AvgIpc) is 3.30. The molecule has 0 radical (unpaired) electrons. The zero-order valence-corrected chi connectivity index (χ0v) is 23.0. The number of hydrogen-bond acceptors (Lipinski definition) is 6. The van der Waals surface area contributed by atoms with Gasteiger partial charge in [0.05, 0.1) is 16.8 Å². The van der Waals surface area contributed by atoms with E-state index < -0.39 is 0 Å². The zero-order chi connectivity index (χ0) is 26.9. The highest BCUT2D eigenvalue weighted by Gasteiger charge is 2.26. The van der Waals surface area contributed by atoms with Crippen LogP contribution in [-0.2, 0) is 19.5 Å². The number of ketones is 1. The van der Waals surface area contributed by atoms with Gasteiger partial charge in [0.15, 0.2) is 10.9 Å². The van der Waals surface area contributed by atoms with Crippen LogP contribution in [0.4, 0.5) is 4.39 Å². The van der Waals surface area contributed by atoms with Gasteiger partial charge in [0, 0.05) is 30.1 Å². The van der Waals surface area contributed by atoms with Crippen LogP contribution in [0, 0.1) is 12.7 Å². The van der Waals surface area contributed by atoms with E-state index in [-0.39, 0.29) is 22.9 Å². The first-order valence-corrected chi connectivity index (χ1v) is 14.6. The molecule has 8 heteroatoms. The van der Waals surface area contributed by atoms with Crippen molar-refractivity contribution in [3.63, 3.8) is 0 Å². The molecule has 0 spiro atoms. The number of hydrogen-bond donors (Lipinski definition) is 0. The Morgan fingerprint density at radius 3 is 2.62 bits per heavy atom. The van der Waals surface area contributed by atoms with Crippen molar-refractivity contribution >= 4 is 39.1 Å². The van der Waals surface area contributed by atoms with Gasteiger partial charge >= 0.3 is 0 Å². The number of fused-ring (bicyclic) bond motifs is 3. The lowest BCUT2D eigenvalue weighted by atomic mass is 10.0. The monoisotopic (exact) mass is 555 g/mol. The van der Waals surface area contributed by atoms with Crippen molar-refractivity contribution in [1.82, 2.24) is 14.5 Å². The fourth-order valence-electron chi connectivity index (χ4n) is 4.99. The molecule has 5 aromatic rings. The summed E-state index contributed by atoms with van der Waals surface area (Å²) in [5.41, 5.74) is 4.45. The third kappa shape index (κ3) is 5.32. The van der Waals surface area contributed by atoms with Crippen LogP contribution in [0.25, 0.3) is 15.9 Å². The number of aromatic nitrogens is 2. The van der Waals surface area contributed by atoms with Gasteiger partial charge < -0.3 is 0 Å². The van der Waals surface area contributed by atoms with E-state index in [0.29, 0.717) is 20.9 Å². The van der Waals surface area contributed by atoms with Crippen molar-refractivity contribution in [2.45, 2.75) is 31.6 Å². The molecule has 0 aliphatic carbocycles. The fourth-order valence-corrected chi connectivity index (χ4v) is 7.20. The van der Waals surface area contributed by atoms with Crippen molar-refractivity contribution in [3.8, 4) is 5.69 Å². The molecule has 0 saturated heterocycles. The Labute approximate surface area is 233 Å². The minimum Gasteiger partial charge on any atom is -0.294 e. The summed E-state index contributed by atoms with van der Waals surface area (Å²) in [6.07, 6.45) is 0.794. The normalized spacial score (nSPS) is 13.5. The van der Waals surface area contributed by atoms with E-state index in [1.807, 2.05) is 37.3 Å². The van der Waals surface area contributed by atoms with E-state index in [1.165, 1.54) is 46.5 Å². The molecule has 0 unspecified atom stereocenters. The highest BCUT2D eigenvalue weighted by atomic mass is 32.2. The van der Waals surface area contributed by atoms with Gasteiger partial charge in [-0.1, -0.05) is 54.2 Å². The molecular formula is C31H26FN3O2S2. The molecule has 0 saturated carbocycles. The second-order valence-corrected chi connectivity index (χ2v) is 11.7. The van der Waals surface area contributed by atoms with Crippen LogP contribution >= 0.6 is 23.1 Å². The molecule has 3 aromatic carbocycles. The average molecular weight is 556 g/mol. The lowest BCUT2D eigenvalue weighted by Gasteiger charge is -2.26. The standard InChI is InChI=1S/C31H26FN3O2S2/c1-20-6-5-9-24(16-20)35-30(37)28-25-14-15-34(17-21-7-3-2-4-8-21)18-27(25)39-29(28)33-31(35)38-19-26(36)22-10-12-23(32)13-11-22/h2-13,16H,14-15,17-19H2,1H3. The number of thioether (sulfide) groups is 1. The number of benzene rings is 3. The van der Waals surface area contributed by atoms with Crippen LogP contribution < -0.4 is 5.56 Å². The number of thiophene rings is 1. The number of rotatable bonds is 7. The summed E-state index contributed by atoms with van der Waals surface area (Å²) in [6, 6.07) is 23.7. The molecule has 0 fully saturated rings. The SMILES string of the molecule is Cc1cccc(-n2c(SCC(=O)c3ccc(F)cc3)nc3sc4c(c3c2=O)CCN(Cc2ccccc2)C4)c1. The summed E-state index contributed by atoms with van der Waals surface area (Å²) in [4.78, 5) is 36.2. The molecule has 0 N–H and O–H groups in total. The Kier molecular flexibility index (Phi) is 7.16. The van der Waals surface area contributed by atoms with Gasteiger partial charge in [0.1, 0.15) is 10.6 Å². The van der Waals surface area contributed by atoms with Gasteiger partial charge in [-0.15, -0.1) is 11.3 Å². The highest BCUT2D eigenvalue weighted by molar-refractivity contribution is 7.99. The van der Waals surface area contributed by atoms with Gasteiger partial charge in [0.2, 0.25) is 0 Å². The predicted molar refractivity (Wildman–Crippen MR) is 156 cm³/mol. The molecule has 0 atom stereocenters. The number of nitrogens with zero attached hydrogens (tertiary/aromatic N) is 3. The lowest BCUT2D eigenvalue weighted by molar-refractivity contribution is 0.102. The maximum absolute atomic E-state index is 14.1. The van der Waals surface area contributed by atoms with Gasteiger partial charge in [0.25, 0.3) is 5.56 Å². The molecule has 1 aliphatic heterocycles.